The van der Waals surface area contributed by atoms with Gasteiger partial charge >= 0.3 is 29.8 Å². The Labute approximate surface area is 317 Å². The second kappa shape index (κ2) is 23.8. The Balaban J connectivity index is 1.54. The van der Waals surface area contributed by atoms with Crippen LogP contribution in [-0.4, -0.2) is 57.3 Å². The maximum absolute atomic E-state index is 13.3. The molecular formula is C43H50O11. The molecule has 0 radical (unpaired) electrons. The number of methoxy groups -OCH3 is 2. The fraction of sp³-hybridized carbons (Fsp3) is 0.372. The second-order valence-corrected chi connectivity index (χ2v) is 12.4. The Morgan fingerprint density at radius 3 is 1.76 bits per heavy atom. The molecule has 0 aromatic heterocycles. The van der Waals surface area contributed by atoms with Crippen LogP contribution in [0, 0.1) is 0 Å². The van der Waals surface area contributed by atoms with Gasteiger partial charge in [0.05, 0.1) is 38.6 Å². The largest absolute Gasteiger partial charge is 0.490 e. The maximum Gasteiger partial charge on any atom is 0.372 e. The molecule has 0 heterocycles. The standard InChI is InChI=1S/C43H50O11/c1-5-15-32-16-21-35(22-17-32)42(47)54-38-26-25-36(53-41(46)34-23-18-33(19-24-34)20-27-39(44)50-4)30-37(38)43(48)52-29-14-12-10-8-6-7-9-11-13-28-51-40(45)31(2)49-3/h16-27,30H,2,5-15,28-29H2,1,3-4H3/b27-20+. The molecule has 0 fully saturated rings. The summed E-state index contributed by atoms with van der Waals surface area (Å²) in [6.45, 7) is 6.06. The smallest absolute Gasteiger partial charge is 0.372 e. The van der Waals surface area contributed by atoms with Crippen LogP contribution in [-0.2, 0) is 35.0 Å². The molecule has 3 rings (SSSR count). The minimum absolute atomic E-state index is 0.000476. The molecular weight excluding hydrogens is 692 g/mol. The van der Waals surface area contributed by atoms with Gasteiger partial charge in [0.15, 0.2) is 5.76 Å². The summed E-state index contributed by atoms with van der Waals surface area (Å²) in [6.07, 6.45) is 13.2. The summed E-state index contributed by atoms with van der Waals surface area (Å²) in [5.41, 5.74) is 2.28. The maximum atomic E-state index is 13.3. The number of rotatable bonds is 23. The lowest BCUT2D eigenvalue weighted by atomic mass is 10.1. The SMILES string of the molecule is C=C(OC)C(=O)OCCCCCCCCCCCOC(=O)c1cc(OC(=O)c2ccc(/C=C/C(=O)OC)cc2)ccc1OC(=O)c1ccc(CCC)cc1. The van der Waals surface area contributed by atoms with Crippen molar-refractivity contribution in [3.05, 3.63) is 113 Å². The van der Waals surface area contributed by atoms with Crippen molar-refractivity contribution >= 4 is 35.9 Å². The molecule has 0 aliphatic heterocycles. The number of carbonyl (C=O) groups excluding carboxylic acids is 5. The van der Waals surface area contributed by atoms with Crippen molar-refractivity contribution < 1.29 is 52.4 Å². The lowest BCUT2D eigenvalue weighted by Crippen LogP contribution is -2.14. The number of unbranched alkanes of at least 4 members (excludes halogenated alkanes) is 8. The van der Waals surface area contributed by atoms with E-state index in [1.807, 2.05) is 12.1 Å². The van der Waals surface area contributed by atoms with Crippen LogP contribution in [0.2, 0.25) is 0 Å². The molecule has 0 unspecified atom stereocenters. The van der Waals surface area contributed by atoms with Crippen molar-refractivity contribution in [1.29, 1.82) is 0 Å². The van der Waals surface area contributed by atoms with Gasteiger partial charge in [-0.3, -0.25) is 0 Å². The molecule has 3 aromatic carbocycles. The third-order valence-electron chi connectivity index (χ3n) is 8.30. The number of carbonyl (C=O) groups is 5. The number of ether oxygens (including phenoxy) is 6. The molecule has 0 saturated heterocycles. The van der Waals surface area contributed by atoms with Gasteiger partial charge in [-0.25, -0.2) is 24.0 Å². The van der Waals surface area contributed by atoms with Crippen molar-refractivity contribution in [2.75, 3.05) is 27.4 Å². The first-order valence-corrected chi connectivity index (χ1v) is 18.3. The van der Waals surface area contributed by atoms with Crippen molar-refractivity contribution in [1.82, 2.24) is 0 Å². The van der Waals surface area contributed by atoms with Crippen LogP contribution in [0.1, 0.15) is 113 Å². The number of aryl methyl sites for hydroxylation is 1. The van der Waals surface area contributed by atoms with Crippen molar-refractivity contribution in [3.63, 3.8) is 0 Å². The summed E-state index contributed by atoms with van der Waals surface area (Å²) in [5.74, 6) is -3.03. The molecule has 0 bridgehead atoms. The molecule has 0 amide bonds. The Bertz CT molecular complexity index is 1720. The average Bonchev–Trinajstić information content (AvgIpc) is 3.19. The Morgan fingerprint density at radius 1 is 0.630 bits per heavy atom. The van der Waals surface area contributed by atoms with Gasteiger partial charge < -0.3 is 28.4 Å². The zero-order chi connectivity index (χ0) is 39.1. The zero-order valence-corrected chi connectivity index (χ0v) is 31.4. The molecule has 3 aromatic rings. The molecule has 54 heavy (non-hydrogen) atoms. The van der Waals surface area contributed by atoms with Crippen LogP contribution in [0.4, 0.5) is 0 Å². The molecule has 0 N–H and O–H groups in total. The third kappa shape index (κ3) is 15.1. The summed E-state index contributed by atoms with van der Waals surface area (Å²) >= 11 is 0. The number of hydrogen-bond acceptors (Lipinski definition) is 11. The first kappa shape index (κ1) is 42.7. The number of hydrogen-bond donors (Lipinski definition) is 0. The van der Waals surface area contributed by atoms with E-state index < -0.39 is 29.8 Å². The highest BCUT2D eigenvalue weighted by Crippen LogP contribution is 2.27. The molecule has 0 aliphatic rings. The van der Waals surface area contributed by atoms with Crippen LogP contribution in [0.15, 0.2) is 85.1 Å². The van der Waals surface area contributed by atoms with E-state index in [1.54, 1.807) is 42.5 Å². The summed E-state index contributed by atoms with van der Waals surface area (Å²) < 4.78 is 31.2. The molecule has 0 aliphatic carbocycles. The highest BCUT2D eigenvalue weighted by Gasteiger charge is 2.21. The van der Waals surface area contributed by atoms with Gasteiger partial charge in [0.25, 0.3) is 0 Å². The van der Waals surface area contributed by atoms with E-state index in [1.165, 1.54) is 38.5 Å². The van der Waals surface area contributed by atoms with Gasteiger partial charge in [-0.15, -0.1) is 0 Å². The first-order valence-electron chi connectivity index (χ1n) is 18.3. The lowest BCUT2D eigenvalue weighted by Gasteiger charge is -2.13. The first-order chi connectivity index (χ1) is 26.1. The fourth-order valence-electron chi connectivity index (χ4n) is 5.22. The quantitative estimate of drug-likeness (QED) is 0.0230. The number of benzene rings is 3. The topological polar surface area (TPSA) is 141 Å². The summed E-state index contributed by atoms with van der Waals surface area (Å²) in [7, 11) is 2.66. The van der Waals surface area contributed by atoms with Crippen LogP contribution in [0.3, 0.4) is 0 Å². The minimum atomic E-state index is -0.715. The Morgan fingerprint density at radius 2 is 1.19 bits per heavy atom. The lowest BCUT2D eigenvalue weighted by molar-refractivity contribution is -0.142. The highest BCUT2D eigenvalue weighted by molar-refractivity contribution is 5.97. The molecule has 11 nitrogen and oxygen atoms in total. The van der Waals surface area contributed by atoms with E-state index in [0.717, 1.165) is 69.8 Å². The summed E-state index contributed by atoms with van der Waals surface area (Å²) in [4.78, 5) is 62.2. The predicted octanol–water partition coefficient (Wildman–Crippen LogP) is 8.63. The highest BCUT2D eigenvalue weighted by atomic mass is 16.6. The normalized spacial score (nSPS) is 10.7. The molecule has 0 spiro atoms. The van der Waals surface area contributed by atoms with Crippen LogP contribution in [0.25, 0.3) is 6.08 Å². The van der Waals surface area contributed by atoms with Gasteiger partial charge in [0.1, 0.15) is 17.1 Å². The van der Waals surface area contributed by atoms with Gasteiger partial charge in [0, 0.05) is 6.08 Å². The van der Waals surface area contributed by atoms with Crippen molar-refractivity contribution in [3.8, 4) is 11.5 Å². The van der Waals surface area contributed by atoms with E-state index in [-0.39, 0.29) is 35.0 Å². The van der Waals surface area contributed by atoms with Crippen LogP contribution >= 0.6 is 0 Å². The third-order valence-corrected chi connectivity index (χ3v) is 8.30. The zero-order valence-electron chi connectivity index (χ0n) is 31.4. The van der Waals surface area contributed by atoms with Crippen LogP contribution < -0.4 is 9.47 Å². The van der Waals surface area contributed by atoms with E-state index >= 15 is 0 Å². The minimum Gasteiger partial charge on any atom is -0.490 e. The second-order valence-electron chi connectivity index (χ2n) is 12.4. The van der Waals surface area contributed by atoms with Gasteiger partial charge in [-0.1, -0.05) is 82.6 Å². The van der Waals surface area contributed by atoms with E-state index in [9.17, 15) is 24.0 Å². The number of esters is 5. The van der Waals surface area contributed by atoms with E-state index in [2.05, 4.69) is 18.2 Å². The molecule has 0 saturated carbocycles. The molecule has 11 heteroatoms. The molecule has 288 valence electrons. The Hall–Kier alpha value is -5.71. The van der Waals surface area contributed by atoms with Crippen molar-refractivity contribution in [2.24, 2.45) is 0 Å². The fourth-order valence-corrected chi connectivity index (χ4v) is 5.22. The van der Waals surface area contributed by atoms with E-state index in [4.69, 9.17) is 23.7 Å². The summed E-state index contributed by atoms with van der Waals surface area (Å²) in [6, 6.07) is 17.6. The van der Waals surface area contributed by atoms with Gasteiger partial charge in [0.2, 0.25) is 0 Å². The van der Waals surface area contributed by atoms with Crippen LogP contribution in [0.5, 0.6) is 11.5 Å². The monoisotopic (exact) mass is 742 g/mol. The predicted molar refractivity (Wildman–Crippen MR) is 203 cm³/mol. The van der Waals surface area contributed by atoms with Gasteiger partial charge in [-0.2, -0.15) is 0 Å². The van der Waals surface area contributed by atoms with Gasteiger partial charge in [-0.05, 0) is 85.5 Å². The molecule has 0 atom stereocenters. The Kier molecular flexibility index (Phi) is 18.8. The van der Waals surface area contributed by atoms with Crippen molar-refractivity contribution in [2.45, 2.75) is 77.6 Å². The van der Waals surface area contributed by atoms with E-state index in [0.29, 0.717) is 24.2 Å². The average molecular weight is 743 g/mol. The summed E-state index contributed by atoms with van der Waals surface area (Å²) in [5, 5.41) is 0.